The number of hydrogen-bond donors (Lipinski definition) is 0. The second kappa shape index (κ2) is 10.5. The normalized spacial score (nSPS) is 13.0. The maximum atomic E-state index is 6.20. The van der Waals surface area contributed by atoms with E-state index in [0.717, 1.165) is 61.1 Å². The lowest BCUT2D eigenvalue weighted by Crippen LogP contribution is -2.07. The van der Waals surface area contributed by atoms with Crippen molar-refractivity contribution < 1.29 is 4.42 Å². The molecule has 0 aliphatic carbocycles. The maximum Gasteiger partial charge on any atom is 0.248 e. The first kappa shape index (κ1) is 26.0. The smallest absolute Gasteiger partial charge is 0.248 e. The first-order valence-electron chi connectivity index (χ1n) is 14.8. The summed E-state index contributed by atoms with van der Waals surface area (Å²) in [6.45, 7) is 4.23. The van der Waals surface area contributed by atoms with E-state index in [1.807, 2.05) is 24.3 Å². The topological polar surface area (TPSA) is 63.6 Å². The molecule has 1 aliphatic heterocycles. The van der Waals surface area contributed by atoms with E-state index in [2.05, 4.69) is 131 Å². The van der Waals surface area contributed by atoms with Gasteiger partial charge in [-0.1, -0.05) is 109 Å². The van der Waals surface area contributed by atoms with Gasteiger partial charge in [-0.3, -0.25) is 0 Å². The van der Waals surface area contributed by atoms with Crippen LogP contribution in [0.2, 0.25) is 0 Å². The average Bonchev–Trinajstić information content (AvgIpc) is 3.75. The van der Waals surface area contributed by atoms with Gasteiger partial charge in [-0.2, -0.15) is 10.2 Å². The summed E-state index contributed by atoms with van der Waals surface area (Å²) >= 11 is 0. The molecular weight excluding hydrogens is 540 g/mol. The van der Waals surface area contributed by atoms with Crippen LogP contribution in [0.4, 0.5) is 0 Å². The van der Waals surface area contributed by atoms with E-state index >= 15 is 0 Å². The highest BCUT2D eigenvalue weighted by Crippen LogP contribution is 2.33. The van der Waals surface area contributed by atoms with E-state index in [0.29, 0.717) is 18.2 Å². The van der Waals surface area contributed by atoms with Gasteiger partial charge >= 0.3 is 0 Å². The average molecular weight is 569 g/mol. The fourth-order valence-corrected chi connectivity index (χ4v) is 6.23. The molecule has 0 atom stereocenters. The van der Waals surface area contributed by atoms with Crippen LogP contribution in [0.1, 0.15) is 28.7 Å². The summed E-state index contributed by atoms with van der Waals surface area (Å²) in [5.41, 5.74) is 10.7. The standard InChI is InChI=1S/C39H28N4O/c1-24-21-28(17-19-30(24)36-23-37(41-40-36)34-15-7-11-26-9-3-5-13-32(26)34)29-18-20-31(25(2)22-29)38-42-43-39(44-38)35-16-8-12-27-10-4-6-14-33(27)35/h3-22H,23H2,1-2H3. The molecule has 0 fully saturated rings. The van der Waals surface area contributed by atoms with Gasteiger partial charge in [0.1, 0.15) is 0 Å². The lowest BCUT2D eigenvalue weighted by Gasteiger charge is -2.11. The van der Waals surface area contributed by atoms with Crippen LogP contribution >= 0.6 is 0 Å². The highest BCUT2D eigenvalue weighted by molar-refractivity contribution is 6.24. The van der Waals surface area contributed by atoms with Crippen LogP contribution in [0.25, 0.3) is 55.6 Å². The van der Waals surface area contributed by atoms with Crippen molar-refractivity contribution in [3.05, 3.63) is 144 Å². The van der Waals surface area contributed by atoms with Crippen LogP contribution in [-0.4, -0.2) is 21.6 Å². The van der Waals surface area contributed by atoms with Crippen molar-refractivity contribution in [3.63, 3.8) is 0 Å². The fraction of sp³-hybridized carbons (Fsp3) is 0.0769. The Morgan fingerprint density at radius 1 is 0.477 bits per heavy atom. The Morgan fingerprint density at radius 3 is 1.61 bits per heavy atom. The molecule has 0 saturated carbocycles. The minimum absolute atomic E-state index is 0.518. The molecule has 0 radical (unpaired) electrons. The number of hydrogen-bond acceptors (Lipinski definition) is 5. The van der Waals surface area contributed by atoms with Crippen LogP contribution in [0.5, 0.6) is 0 Å². The first-order valence-corrected chi connectivity index (χ1v) is 14.8. The Morgan fingerprint density at radius 2 is 0.977 bits per heavy atom. The van der Waals surface area contributed by atoms with Crippen molar-refractivity contribution in [1.82, 2.24) is 10.2 Å². The minimum Gasteiger partial charge on any atom is -0.416 e. The molecule has 7 aromatic rings. The van der Waals surface area contributed by atoms with Crippen LogP contribution in [0.3, 0.4) is 0 Å². The Kier molecular flexibility index (Phi) is 6.23. The second-order valence-electron chi connectivity index (χ2n) is 11.3. The molecule has 1 aliphatic rings. The number of benzene rings is 6. The quantitative estimate of drug-likeness (QED) is 0.208. The van der Waals surface area contributed by atoms with E-state index in [9.17, 15) is 0 Å². The molecule has 2 heterocycles. The number of nitrogens with zero attached hydrogens (tertiary/aromatic N) is 4. The van der Waals surface area contributed by atoms with Crippen molar-refractivity contribution in [2.45, 2.75) is 20.3 Å². The number of fused-ring (bicyclic) bond motifs is 2. The summed E-state index contributed by atoms with van der Waals surface area (Å²) in [6, 6.07) is 42.1. The maximum absolute atomic E-state index is 6.20. The molecule has 44 heavy (non-hydrogen) atoms. The van der Waals surface area contributed by atoms with Crippen molar-refractivity contribution in [2.75, 3.05) is 0 Å². The Balaban J connectivity index is 1.03. The van der Waals surface area contributed by atoms with E-state index in [4.69, 9.17) is 4.42 Å². The molecule has 6 aromatic carbocycles. The summed E-state index contributed by atoms with van der Waals surface area (Å²) in [5, 5.41) is 22.7. The second-order valence-corrected chi connectivity index (χ2v) is 11.3. The summed E-state index contributed by atoms with van der Waals surface area (Å²) in [6.07, 6.45) is 0.715. The molecular formula is C39H28N4O. The monoisotopic (exact) mass is 568 g/mol. The zero-order valence-electron chi connectivity index (χ0n) is 24.5. The number of rotatable bonds is 5. The molecule has 0 spiro atoms. The highest BCUT2D eigenvalue weighted by Gasteiger charge is 2.20. The highest BCUT2D eigenvalue weighted by atomic mass is 16.4. The number of aryl methyl sites for hydroxylation is 2. The van der Waals surface area contributed by atoms with Gasteiger partial charge in [0.2, 0.25) is 11.8 Å². The molecule has 0 saturated heterocycles. The predicted molar refractivity (Wildman–Crippen MR) is 179 cm³/mol. The molecule has 0 bridgehead atoms. The van der Waals surface area contributed by atoms with Gasteiger partial charge in [-0.15, -0.1) is 10.2 Å². The molecule has 5 heteroatoms. The molecule has 210 valence electrons. The van der Waals surface area contributed by atoms with Gasteiger partial charge in [0.25, 0.3) is 0 Å². The van der Waals surface area contributed by atoms with Gasteiger partial charge in [-0.05, 0) is 69.8 Å². The van der Waals surface area contributed by atoms with Gasteiger partial charge in [0.15, 0.2) is 0 Å². The molecule has 5 nitrogen and oxygen atoms in total. The van der Waals surface area contributed by atoms with Crippen LogP contribution in [-0.2, 0) is 0 Å². The van der Waals surface area contributed by atoms with Crippen LogP contribution in [0.15, 0.2) is 136 Å². The molecule has 0 amide bonds. The van der Waals surface area contributed by atoms with E-state index in [1.165, 1.54) is 16.3 Å². The SMILES string of the molecule is Cc1cc(-c2ccc(-c3nnc(-c4cccc5ccccc45)o3)c(C)c2)ccc1C1=NN=C(c2cccc3ccccc23)C1. The van der Waals surface area contributed by atoms with Crippen molar-refractivity contribution in [2.24, 2.45) is 10.2 Å². The first-order chi connectivity index (χ1) is 21.6. The van der Waals surface area contributed by atoms with E-state index < -0.39 is 0 Å². The summed E-state index contributed by atoms with van der Waals surface area (Å²) in [5.74, 6) is 1.04. The van der Waals surface area contributed by atoms with E-state index in [-0.39, 0.29) is 0 Å². The van der Waals surface area contributed by atoms with E-state index in [1.54, 1.807) is 0 Å². The van der Waals surface area contributed by atoms with Gasteiger partial charge in [0.05, 0.1) is 11.4 Å². The largest absolute Gasteiger partial charge is 0.416 e. The third kappa shape index (κ3) is 4.50. The third-order valence-electron chi connectivity index (χ3n) is 8.50. The van der Waals surface area contributed by atoms with Gasteiger partial charge in [-0.25, -0.2) is 0 Å². The summed E-state index contributed by atoms with van der Waals surface area (Å²) in [7, 11) is 0. The predicted octanol–water partition coefficient (Wildman–Crippen LogP) is 9.59. The molecule has 1 aromatic heterocycles. The van der Waals surface area contributed by atoms with Crippen molar-refractivity contribution >= 4 is 33.0 Å². The Bertz CT molecular complexity index is 2280. The summed E-state index contributed by atoms with van der Waals surface area (Å²) in [4.78, 5) is 0. The Labute approximate surface area is 255 Å². The zero-order chi connectivity index (χ0) is 29.6. The van der Waals surface area contributed by atoms with Crippen molar-refractivity contribution in [3.8, 4) is 34.0 Å². The summed E-state index contributed by atoms with van der Waals surface area (Å²) < 4.78 is 6.20. The number of aromatic nitrogens is 2. The molecule has 0 N–H and O–H groups in total. The Hall–Kier alpha value is -5.68. The van der Waals surface area contributed by atoms with Gasteiger partial charge in [0, 0.05) is 28.7 Å². The minimum atomic E-state index is 0.518. The zero-order valence-corrected chi connectivity index (χ0v) is 24.5. The third-order valence-corrected chi connectivity index (χ3v) is 8.50. The molecule has 0 unspecified atom stereocenters. The van der Waals surface area contributed by atoms with Crippen LogP contribution < -0.4 is 0 Å². The fourth-order valence-electron chi connectivity index (χ4n) is 6.23. The lowest BCUT2D eigenvalue weighted by molar-refractivity contribution is 0.585. The van der Waals surface area contributed by atoms with Crippen LogP contribution in [0, 0.1) is 13.8 Å². The van der Waals surface area contributed by atoms with Crippen molar-refractivity contribution in [1.29, 1.82) is 0 Å². The lowest BCUT2D eigenvalue weighted by atomic mass is 9.92. The van der Waals surface area contributed by atoms with Gasteiger partial charge < -0.3 is 4.42 Å². The molecule has 8 rings (SSSR count).